The molecule has 0 aliphatic carbocycles. The van der Waals surface area contributed by atoms with Crippen molar-refractivity contribution in [3.63, 3.8) is 0 Å². The van der Waals surface area contributed by atoms with Gasteiger partial charge in [0.15, 0.2) is 5.96 Å². The van der Waals surface area contributed by atoms with Gasteiger partial charge in [0.05, 0.1) is 17.3 Å². The van der Waals surface area contributed by atoms with Crippen LogP contribution in [0.1, 0.15) is 29.6 Å². The highest BCUT2D eigenvalue weighted by Gasteiger charge is 2.01. The number of benzene rings is 1. The smallest absolute Gasteiger partial charge is 0.191 e. The summed E-state index contributed by atoms with van der Waals surface area (Å²) in [5.74, 6) is 1.81. The first kappa shape index (κ1) is 19.2. The van der Waals surface area contributed by atoms with E-state index in [1.54, 1.807) is 11.3 Å². The van der Waals surface area contributed by atoms with Gasteiger partial charge in [0.2, 0.25) is 0 Å². The van der Waals surface area contributed by atoms with E-state index in [9.17, 15) is 0 Å². The van der Waals surface area contributed by atoms with Crippen LogP contribution in [0.15, 0.2) is 34.6 Å². The summed E-state index contributed by atoms with van der Waals surface area (Å²) in [6.07, 6.45) is 1.79. The molecule has 2 rings (SSSR count). The zero-order valence-corrected chi connectivity index (χ0v) is 16.2. The molecule has 0 unspecified atom stereocenters. The van der Waals surface area contributed by atoms with Gasteiger partial charge in [-0.3, -0.25) is 4.99 Å². The average molecular weight is 361 g/mol. The van der Waals surface area contributed by atoms with Crippen LogP contribution in [0.2, 0.25) is 0 Å². The van der Waals surface area contributed by atoms with E-state index in [2.05, 4.69) is 45.9 Å². The van der Waals surface area contributed by atoms with E-state index >= 15 is 0 Å². The van der Waals surface area contributed by atoms with Crippen LogP contribution < -0.4 is 15.4 Å². The molecule has 0 fully saturated rings. The number of guanidine groups is 1. The standard InChI is InChI=1S/C19H28N4OS/c1-4-20-19(22-12-10-17-14-25-16(3)23-17)21-11-7-13-24-18-9-6-5-8-15(18)2/h5-6,8-9,14H,4,7,10-13H2,1-3H3,(H2,20,21,22). The number of para-hydroxylation sites is 1. The van der Waals surface area contributed by atoms with Crippen LogP contribution in [-0.2, 0) is 6.42 Å². The maximum atomic E-state index is 5.80. The van der Waals surface area contributed by atoms with Crippen LogP contribution in [0.3, 0.4) is 0 Å². The Bertz CT molecular complexity index is 669. The molecule has 0 atom stereocenters. The van der Waals surface area contributed by atoms with Gasteiger partial charge in [-0.05, 0) is 32.4 Å². The quantitative estimate of drug-likeness (QED) is 0.409. The lowest BCUT2D eigenvalue weighted by molar-refractivity contribution is 0.311. The predicted octanol–water partition coefficient (Wildman–Crippen LogP) is 3.33. The van der Waals surface area contributed by atoms with Crippen molar-refractivity contribution < 1.29 is 4.74 Å². The lowest BCUT2D eigenvalue weighted by atomic mass is 10.2. The zero-order valence-electron chi connectivity index (χ0n) is 15.3. The van der Waals surface area contributed by atoms with E-state index in [1.807, 2.05) is 25.1 Å². The van der Waals surface area contributed by atoms with Crippen molar-refractivity contribution in [3.8, 4) is 5.75 Å². The number of nitrogens with one attached hydrogen (secondary N) is 2. The maximum Gasteiger partial charge on any atom is 0.191 e. The molecule has 25 heavy (non-hydrogen) atoms. The first-order valence-electron chi connectivity index (χ1n) is 8.80. The second-order valence-electron chi connectivity index (χ2n) is 5.76. The second kappa shape index (κ2) is 10.7. The van der Waals surface area contributed by atoms with Crippen LogP contribution in [0.5, 0.6) is 5.75 Å². The molecular formula is C19H28N4OS. The molecule has 1 aromatic heterocycles. The summed E-state index contributed by atoms with van der Waals surface area (Å²) in [4.78, 5) is 9.08. The van der Waals surface area contributed by atoms with Gasteiger partial charge in [0.1, 0.15) is 5.75 Å². The number of rotatable bonds is 9. The first-order chi connectivity index (χ1) is 12.2. The summed E-state index contributed by atoms with van der Waals surface area (Å²) in [7, 11) is 0. The fourth-order valence-electron chi connectivity index (χ4n) is 2.33. The van der Waals surface area contributed by atoms with Gasteiger partial charge in [-0.2, -0.15) is 0 Å². The molecule has 0 aliphatic rings. The number of aliphatic imine (C=N–C) groups is 1. The SMILES string of the molecule is CCNC(=NCCCOc1ccccc1C)NCCc1csc(C)n1. The van der Waals surface area contributed by atoms with E-state index in [0.717, 1.165) is 54.9 Å². The van der Waals surface area contributed by atoms with Crippen molar-refractivity contribution in [1.82, 2.24) is 15.6 Å². The minimum Gasteiger partial charge on any atom is -0.493 e. The van der Waals surface area contributed by atoms with Gasteiger partial charge in [0, 0.05) is 37.9 Å². The number of thiazole rings is 1. The van der Waals surface area contributed by atoms with Crippen LogP contribution in [-0.4, -0.2) is 37.2 Å². The third-order valence-corrected chi connectivity index (χ3v) is 4.43. The molecule has 0 saturated heterocycles. The Morgan fingerprint density at radius 1 is 1.24 bits per heavy atom. The highest BCUT2D eigenvalue weighted by molar-refractivity contribution is 7.09. The molecule has 5 nitrogen and oxygen atoms in total. The molecule has 2 N–H and O–H groups in total. The largest absolute Gasteiger partial charge is 0.493 e. The van der Waals surface area contributed by atoms with Gasteiger partial charge in [-0.1, -0.05) is 18.2 Å². The molecule has 0 bridgehead atoms. The third kappa shape index (κ3) is 7.13. The molecule has 0 saturated carbocycles. The molecule has 6 heteroatoms. The predicted molar refractivity (Wildman–Crippen MR) is 106 cm³/mol. The molecule has 0 radical (unpaired) electrons. The van der Waals surface area contributed by atoms with E-state index in [0.29, 0.717) is 6.61 Å². The first-order valence-corrected chi connectivity index (χ1v) is 9.68. The Morgan fingerprint density at radius 3 is 2.80 bits per heavy atom. The zero-order chi connectivity index (χ0) is 17.9. The Labute approximate surface area is 154 Å². The Kier molecular flexibility index (Phi) is 8.25. The van der Waals surface area contributed by atoms with Crippen molar-refractivity contribution in [2.75, 3.05) is 26.2 Å². The number of hydrogen-bond acceptors (Lipinski definition) is 4. The van der Waals surface area contributed by atoms with E-state index in [4.69, 9.17) is 4.74 Å². The summed E-state index contributed by atoms with van der Waals surface area (Å²) in [6, 6.07) is 8.08. The van der Waals surface area contributed by atoms with Gasteiger partial charge in [-0.15, -0.1) is 11.3 Å². The highest BCUT2D eigenvalue weighted by atomic mass is 32.1. The molecule has 1 heterocycles. The Morgan fingerprint density at radius 2 is 2.08 bits per heavy atom. The van der Waals surface area contributed by atoms with Crippen LogP contribution in [0.4, 0.5) is 0 Å². The molecule has 0 amide bonds. The molecule has 0 spiro atoms. The van der Waals surface area contributed by atoms with Gasteiger partial charge >= 0.3 is 0 Å². The van der Waals surface area contributed by atoms with Crippen molar-refractivity contribution in [1.29, 1.82) is 0 Å². The number of aromatic nitrogens is 1. The highest BCUT2D eigenvalue weighted by Crippen LogP contribution is 2.16. The number of nitrogens with zero attached hydrogens (tertiary/aromatic N) is 2. The fourth-order valence-corrected chi connectivity index (χ4v) is 2.98. The summed E-state index contributed by atoms with van der Waals surface area (Å²) in [6.45, 7) is 9.25. The van der Waals surface area contributed by atoms with Crippen LogP contribution in [0.25, 0.3) is 0 Å². The number of hydrogen-bond donors (Lipinski definition) is 2. The summed E-state index contributed by atoms with van der Waals surface area (Å²) in [5, 5.41) is 9.86. The molecular weight excluding hydrogens is 332 g/mol. The van der Waals surface area contributed by atoms with Crippen molar-refractivity contribution in [2.45, 2.75) is 33.6 Å². The minimum absolute atomic E-state index is 0.672. The topological polar surface area (TPSA) is 58.5 Å². The fraction of sp³-hybridized carbons (Fsp3) is 0.474. The Balaban J connectivity index is 1.68. The van der Waals surface area contributed by atoms with Crippen LogP contribution >= 0.6 is 11.3 Å². The summed E-state index contributed by atoms with van der Waals surface area (Å²) in [5.41, 5.74) is 2.30. The second-order valence-corrected chi connectivity index (χ2v) is 6.83. The van der Waals surface area contributed by atoms with Gasteiger partial charge < -0.3 is 15.4 Å². The Hall–Kier alpha value is -2.08. The molecule has 0 aliphatic heterocycles. The maximum absolute atomic E-state index is 5.80. The van der Waals surface area contributed by atoms with Crippen LogP contribution in [0, 0.1) is 13.8 Å². The minimum atomic E-state index is 0.672. The van der Waals surface area contributed by atoms with Gasteiger partial charge in [-0.25, -0.2) is 4.98 Å². The van der Waals surface area contributed by atoms with Crippen molar-refractivity contribution in [3.05, 3.63) is 45.9 Å². The lowest BCUT2D eigenvalue weighted by Gasteiger charge is -2.11. The van der Waals surface area contributed by atoms with E-state index in [1.165, 1.54) is 5.56 Å². The van der Waals surface area contributed by atoms with Gasteiger partial charge in [0.25, 0.3) is 0 Å². The third-order valence-electron chi connectivity index (χ3n) is 3.61. The van der Waals surface area contributed by atoms with E-state index < -0.39 is 0 Å². The molecule has 136 valence electrons. The lowest BCUT2D eigenvalue weighted by Crippen LogP contribution is -2.38. The number of aryl methyl sites for hydroxylation is 2. The number of ether oxygens (including phenoxy) is 1. The van der Waals surface area contributed by atoms with Crippen molar-refractivity contribution >= 4 is 17.3 Å². The normalized spacial score (nSPS) is 11.4. The monoisotopic (exact) mass is 360 g/mol. The van der Waals surface area contributed by atoms with E-state index in [-0.39, 0.29) is 0 Å². The molecule has 1 aromatic carbocycles. The summed E-state index contributed by atoms with van der Waals surface area (Å²) >= 11 is 1.69. The molecule has 2 aromatic rings. The van der Waals surface area contributed by atoms with Crippen molar-refractivity contribution in [2.24, 2.45) is 4.99 Å². The average Bonchev–Trinajstić information content (AvgIpc) is 3.01. The summed E-state index contributed by atoms with van der Waals surface area (Å²) < 4.78 is 5.80.